The van der Waals surface area contributed by atoms with Crippen molar-refractivity contribution in [3.8, 4) is 5.75 Å². The normalized spacial score (nSPS) is 12.0. The van der Waals surface area contributed by atoms with Gasteiger partial charge >= 0.3 is 0 Å². The van der Waals surface area contributed by atoms with Gasteiger partial charge in [0, 0.05) is 11.0 Å². The molecule has 5 nitrogen and oxygen atoms in total. The van der Waals surface area contributed by atoms with E-state index in [1.165, 1.54) is 42.5 Å². The zero-order valence-electron chi connectivity index (χ0n) is 12.6. The van der Waals surface area contributed by atoms with Crippen molar-refractivity contribution in [3.63, 3.8) is 0 Å². The van der Waals surface area contributed by atoms with Crippen LogP contribution in [0.1, 0.15) is 11.8 Å². The van der Waals surface area contributed by atoms with Crippen LogP contribution in [0.25, 0.3) is 6.08 Å². The fourth-order valence-corrected chi connectivity index (χ4v) is 2.95. The van der Waals surface area contributed by atoms with Crippen LogP contribution in [0.3, 0.4) is 0 Å². The number of carbonyl (C=O) groups is 2. The molecule has 126 valence electrons. The molecule has 2 rings (SSSR count). The molecule has 0 saturated carbocycles. The molecular weight excluding hydrogens is 399 g/mol. The Hall–Kier alpha value is -2.19. The molecule has 0 unspecified atom stereocenters. The number of ether oxygens (including phenoxy) is 1. The summed E-state index contributed by atoms with van der Waals surface area (Å²) >= 11 is 4.79. The van der Waals surface area contributed by atoms with Crippen LogP contribution in [0.15, 0.2) is 46.3 Å². The number of rotatable bonds is 5. The molecule has 1 heterocycles. The molecule has 0 aliphatic carbocycles. The van der Waals surface area contributed by atoms with Gasteiger partial charge in [-0.05, 0) is 53.2 Å². The van der Waals surface area contributed by atoms with E-state index in [-0.39, 0.29) is 5.75 Å². The molecule has 1 aromatic heterocycles. The Labute approximate surface area is 150 Å². The number of amides is 2. The highest BCUT2D eigenvalue weighted by Gasteiger charge is 2.16. The molecule has 0 bridgehead atoms. The summed E-state index contributed by atoms with van der Waals surface area (Å²) in [5.74, 6) is -1.69. The number of hydrogen-bond donors (Lipinski definition) is 2. The topological polar surface area (TPSA) is 67.4 Å². The molecule has 1 atom stereocenters. The summed E-state index contributed by atoms with van der Waals surface area (Å²) in [7, 11) is 0. The van der Waals surface area contributed by atoms with E-state index < -0.39 is 23.7 Å². The second kappa shape index (κ2) is 8.60. The van der Waals surface area contributed by atoms with E-state index in [0.29, 0.717) is 0 Å². The van der Waals surface area contributed by atoms with Crippen molar-refractivity contribution in [1.29, 1.82) is 0 Å². The molecule has 1 aromatic carbocycles. The monoisotopic (exact) mass is 412 g/mol. The van der Waals surface area contributed by atoms with Gasteiger partial charge in [-0.3, -0.25) is 20.4 Å². The summed E-state index contributed by atoms with van der Waals surface area (Å²) in [6.07, 6.45) is 1.94. The maximum absolute atomic E-state index is 13.5. The third-order valence-corrected chi connectivity index (χ3v) is 4.40. The lowest BCUT2D eigenvalue weighted by atomic mass is 10.3. The van der Waals surface area contributed by atoms with Crippen molar-refractivity contribution in [2.24, 2.45) is 0 Å². The third-order valence-electron chi connectivity index (χ3n) is 2.81. The third kappa shape index (κ3) is 5.47. The van der Waals surface area contributed by atoms with E-state index in [1.54, 1.807) is 12.1 Å². The Balaban J connectivity index is 1.80. The van der Waals surface area contributed by atoms with Crippen LogP contribution in [0.4, 0.5) is 4.39 Å². The maximum Gasteiger partial charge on any atom is 0.279 e. The summed E-state index contributed by atoms with van der Waals surface area (Å²) in [5.41, 5.74) is 4.46. The highest BCUT2D eigenvalue weighted by molar-refractivity contribution is 9.11. The van der Waals surface area contributed by atoms with Gasteiger partial charge in [-0.25, -0.2) is 4.39 Å². The first-order chi connectivity index (χ1) is 11.5. The molecule has 0 aliphatic heterocycles. The standard InChI is InChI=1S/C16H14BrFN2O3S/c1-10(23-13-5-3-2-4-12(13)18)16(22)20-19-15(21)9-7-11-6-8-14(17)24-11/h2-10H,1H3,(H,19,21)(H,20,22)/b9-7+/t10-/m0/s1. The zero-order valence-corrected chi connectivity index (χ0v) is 15.0. The molecule has 2 N–H and O–H groups in total. The fraction of sp³-hybridized carbons (Fsp3) is 0.125. The van der Waals surface area contributed by atoms with E-state index in [4.69, 9.17) is 4.74 Å². The first-order valence-corrected chi connectivity index (χ1v) is 8.51. The van der Waals surface area contributed by atoms with E-state index >= 15 is 0 Å². The second-order valence-electron chi connectivity index (χ2n) is 4.64. The molecule has 0 radical (unpaired) electrons. The van der Waals surface area contributed by atoms with Gasteiger partial charge in [-0.1, -0.05) is 12.1 Å². The molecule has 0 aliphatic rings. The first kappa shape index (κ1) is 18.2. The lowest BCUT2D eigenvalue weighted by molar-refractivity contribution is -0.131. The van der Waals surface area contributed by atoms with Crippen molar-refractivity contribution in [1.82, 2.24) is 10.9 Å². The number of benzene rings is 1. The molecule has 2 amide bonds. The Bertz CT molecular complexity index is 763. The fourth-order valence-electron chi connectivity index (χ4n) is 1.63. The molecule has 0 spiro atoms. The number of para-hydroxylation sites is 1. The van der Waals surface area contributed by atoms with Crippen LogP contribution in [0.5, 0.6) is 5.75 Å². The van der Waals surface area contributed by atoms with E-state index in [2.05, 4.69) is 26.8 Å². The Morgan fingerprint density at radius 1 is 1.25 bits per heavy atom. The maximum atomic E-state index is 13.5. The van der Waals surface area contributed by atoms with Crippen molar-refractivity contribution in [3.05, 3.63) is 57.0 Å². The van der Waals surface area contributed by atoms with Gasteiger partial charge in [-0.2, -0.15) is 0 Å². The summed E-state index contributed by atoms with van der Waals surface area (Å²) in [4.78, 5) is 24.4. The van der Waals surface area contributed by atoms with Gasteiger partial charge in [0.1, 0.15) is 0 Å². The number of carbonyl (C=O) groups excluding carboxylic acids is 2. The van der Waals surface area contributed by atoms with Crippen molar-refractivity contribution >= 4 is 45.2 Å². The first-order valence-electron chi connectivity index (χ1n) is 6.90. The van der Waals surface area contributed by atoms with Crippen LogP contribution < -0.4 is 15.6 Å². The van der Waals surface area contributed by atoms with E-state index in [1.807, 2.05) is 12.1 Å². The number of nitrogens with one attached hydrogen (secondary N) is 2. The molecule has 24 heavy (non-hydrogen) atoms. The number of hydrazine groups is 1. The van der Waals surface area contributed by atoms with Crippen LogP contribution >= 0.6 is 27.3 Å². The van der Waals surface area contributed by atoms with Gasteiger partial charge in [0.15, 0.2) is 17.7 Å². The predicted molar refractivity (Wildman–Crippen MR) is 93.8 cm³/mol. The summed E-state index contributed by atoms with van der Waals surface area (Å²) < 4.78 is 19.6. The second-order valence-corrected chi connectivity index (χ2v) is 7.14. The predicted octanol–water partition coefficient (Wildman–Crippen LogP) is 3.28. The summed E-state index contributed by atoms with van der Waals surface area (Å²) in [5, 5.41) is 0. The zero-order chi connectivity index (χ0) is 17.5. The van der Waals surface area contributed by atoms with Crippen molar-refractivity contribution < 1.29 is 18.7 Å². The molecule has 0 saturated heterocycles. The van der Waals surface area contributed by atoms with E-state index in [0.717, 1.165) is 8.66 Å². The summed E-state index contributed by atoms with van der Waals surface area (Å²) in [6.45, 7) is 1.45. The Morgan fingerprint density at radius 2 is 2.00 bits per heavy atom. The number of thiophene rings is 1. The van der Waals surface area contributed by atoms with Gasteiger partial charge in [-0.15, -0.1) is 11.3 Å². The highest BCUT2D eigenvalue weighted by Crippen LogP contribution is 2.22. The lowest BCUT2D eigenvalue weighted by Gasteiger charge is -2.15. The molecule has 2 aromatic rings. The number of hydrogen-bond acceptors (Lipinski definition) is 4. The quantitative estimate of drug-likeness (QED) is 0.584. The molecule has 8 heteroatoms. The minimum atomic E-state index is -0.973. The van der Waals surface area contributed by atoms with Gasteiger partial charge < -0.3 is 4.74 Å². The largest absolute Gasteiger partial charge is 0.478 e. The van der Waals surface area contributed by atoms with Crippen LogP contribution in [0.2, 0.25) is 0 Å². The van der Waals surface area contributed by atoms with Crippen LogP contribution in [-0.2, 0) is 9.59 Å². The average Bonchev–Trinajstić information content (AvgIpc) is 2.98. The molecular formula is C16H14BrFN2O3S. The SMILES string of the molecule is C[C@H](Oc1ccccc1F)C(=O)NNC(=O)/C=C/c1ccc(Br)s1. The Kier molecular flexibility index (Phi) is 6.51. The van der Waals surface area contributed by atoms with Crippen LogP contribution in [-0.4, -0.2) is 17.9 Å². The average molecular weight is 413 g/mol. The summed E-state index contributed by atoms with van der Waals surface area (Å²) in [6, 6.07) is 9.48. The van der Waals surface area contributed by atoms with E-state index in [9.17, 15) is 14.0 Å². The smallest absolute Gasteiger partial charge is 0.279 e. The van der Waals surface area contributed by atoms with Crippen molar-refractivity contribution in [2.45, 2.75) is 13.0 Å². The number of halogens is 2. The van der Waals surface area contributed by atoms with Gasteiger partial charge in [0.25, 0.3) is 11.8 Å². The van der Waals surface area contributed by atoms with Gasteiger partial charge in [0.2, 0.25) is 0 Å². The minimum Gasteiger partial charge on any atom is -0.478 e. The Morgan fingerprint density at radius 3 is 2.67 bits per heavy atom. The lowest BCUT2D eigenvalue weighted by Crippen LogP contribution is -2.46. The molecule has 0 fully saturated rings. The van der Waals surface area contributed by atoms with Crippen molar-refractivity contribution in [2.75, 3.05) is 0 Å². The van der Waals surface area contributed by atoms with Gasteiger partial charge in [0.05, 0.1) is 3.79 Å². The van der Waals surface area contributed by atoms with Crippen LogP contribution in [0, 0.1) is 5.82 Å². The minimum absolute atomic E-state index is 0.0327. The highest BCUT2D eigenvalue weighted by atomic mass is 79.9.